The van der Waals surface area contributed by atoms with E-state index in [1.807, 2.05) is 7.05 Å². The molecule has 0 bridgehead atoms. The van der Waals surface area contributed by atoms with Crippen molar-refractivity contribution in [3.63, 3.8) is 0 Å². The summed E-state index contributed by atoms with van der Waals surface area (Å²) in [5.74, 6) is 0. The molecule has 19 heavy (non-hydrogen) atoms. The van der Waals surface area contributed by atoms with Crippen molar-refractivity contribution < 1.29 is 0 Å². The molecule has 0 aliphatic heterocycles. The normalized spacial score (nSPS) is 10.4. The van der Waals surface area contributed by atoms with Gasteiger partial charge in [0.15, 0.2) is 0 Å². The van der Waals surface area contributed by atoms with Crippen LogP contribution >= 0.6 is 0 Å². The summed E-state index contributed by atoms with van der Waals surface area (Å²) in [4.78, 5) is 0. The lowest BCUT2D eigenvalue weighted by Crippen LogP contribution is -2.16. The fourth-order valence-corrected chi connectivity index (χ4v) is 2.12. The third-order valence-electron chi connectivity index (χ3n) is 3.24. The van der Waals surface area contributed by atoms with Crippen molar-refractivity contribution in [2.45, 2.75) is 19.9 Å². The lowest BCUT2D eigenvalue weighted by atomic mass is 10.1. The van der Waals surface area contributed by atoms with Crippen LogP contribution in [0.25, 0.3) is 0 Å². The first-order valence-electron chi connectivity index (χ1n) is 6.81. The molecule has 0 saturated heterocycles. The largest absolute Gasteiger partial charge is 0.388 e. The molecule has 2 heteroatoms. The molecule has 0 radical (unpaired) electrons. The molecule has 2 N–H and O–H groups in total. The summed E-state index contributed by atoms with van der Waals surface area (Å²) in [5.41, 5.74) is 5.21. The molecule has 2 aromatic carbocycles. The summed E-state index contributed by atoms with van der Waals surface area (Å²) >= 11 is 0. The van der Waals surface area contributed by atoms with E-state index in [9.17, 15) is 0 Å². The van der Waals surface area contributed by atoms with Crippen molar-refractivity contribution in [1.29, 1.82) is 0 Å². The average molecular weight is 254 g/mol. The van der Waals surface area contributed by atoms with E-state index in [0.717, 1.165) is 25.2 Å². The molecule has 2 aromatic rings. The number of hydrogen-bond acceptors (Lipinski definition) is 2. The Balaban J connectivity index is 1.74. The van der Waals surface area contributed by atoms with Gasteiger partial charge in [0.05, 0.1) is 0 Å². The van der Waals surface area contributed by atoms with E-state index in [4.69, 9.17) is 0 Å². The van der Waals surface area contributed by atoms with Gasteiger partial charge in [0.1, 0.15) is 0 Å². The van der Waals surface area contributed by atoms with E-state index in [0.29, 0.717) is 0 Å². The Morgan fingerprint density at radius 3 is 2.42 bits per heavy atom. The number of hydrogen-bond donors (Lipinski definition) is 2. The first-order valence-corrected chi connectivity index (χ1v) is 6.81. The molecule has 0 unspecified atom stereocenters. The Bertz CT molecular complexity index is 503. The zero-order valence-electron chi connectivity index (χ0n) is 11.7. The SMILES string of the molecule is CNc1ccc(CNCCc2cccc(C)c2)cc1. The third-order valence-corrected chi connectivity index (χ3v) is 3.24. The van der Waals surface area contributed by atoms with Gasteiger partial charge in [0, 0.05) is 19.3 Å². The molecule has 100 valence electrons. The Morgan fingerprint density at radius 2 is 1.74 bits per heavy atom. The van der Waals surface area contributed by atoms with Gasteiger partial charge in [-0.1, -0.05) is 42.0 Å². The van der Waals surface area contributed by atoms with Crippen LogP contribution in [0, 0.1) is 6.92 Å². The van der Waals surface area contributed by atoms with Crippen LogP contribution in [-0.2, 0) is 13.0 Å². The van der Waals surface area contributed by atoms with Crippen LogP contribution in [0.3, 0.4) is 0 Å². The Kier molecular flexibility index (Phi) is 4.99. The number of rotatable bonds is 6. The van der Waals surface area contributed by atoms with E-state index < -0.39 is 0 Å². The molecule has 2 nitrogen and oxygen atoms in total. The number of anilines is 1. The number of benzene rings is 2. The molecule has 2 rings (SSSR count). The fourth-order valence-electron chi connectivity index (χ4n) is 2.12. The number of aryl methyl sites for hydroxylation is 1. The minimum atomic E-state index is 0.926. The van der Waals surface area contributed by atoms with Crippen LogP contribution in [0.1, 0.15) is 16.7 Å². The van der Waals surface area contributed by atoms with Crippen LogP contribution in [0.2, 0.25) is 0 Å². The van der Waals surface area contributed by atoms with Crippen LogP contribution in [0.15, 0.2) is 48.5 Å². The van der Waals surface area contributed by atoms with E-state index in [1.54, 1.807) is 0 Å². The first-order chi connectivity index (χ1) is 9.28. The molecule has 0 atom stereocenters. The van der Waals surface area contributed by atoms with Crippen molar-refractivity contribution in [2.75, 3.05) is 18.9 Å². The second kappa shape index (κ2) is 6.95. The van der Waals surface area contributed by atoms with E-state index in [-0.39, 0.29) is 0 Å². The van der Waals surface area contributed by atoms with Gasteiger partial charge in [-0.05, 0) is 43.1 Å². The maximum Gasteiger partial charge on any atom is 0.0337 e. The molecular formula is C17H22N2. The van der Waals surface area contributed by atoms with Gasteiger partial charge in [-0.15, -0.1) is 0 Å². The highest BCUT2D eigenvalue weighted by atomic mass is 14.8. The Morgan fingerprint density at radius 1 is 0.947 bits per heavy atom. The van der Waals surface area contributed by atoms with Gasteiger partial charge in [0.2, 0.25) is 0 Å². The highest BCUT2D eigenvalue weighted by Crippen LogP contribution is 2.08. The van der Waals surface area contributed by atoms with Crippen molar-refractivity contribution in [3.8, 4) is 0 Å². The Hall–Kier alpha value is -1.80. The van der Waals surface area contributed by atoms with E-state index >= 15 is 0 Å². The zero-order valence-corrected chi connectivity index (χ0v) is 11.7. The Labute approximate surface area is 115 Å². The number of nitrogens with one attached hydrogen (secondary N) is 2. The second-order valence-corrected chi connectivity index (χ2v) is 4.86. The smallest absolute Gasteiger partial charge is 0.0337 e. The molecule has 0 amide bonds. The summed E-state index contributed by atoms with van der Waals surface area (Å²) in [6.07, 6.45) is 1.08. The van der Waals surface area contributed by atoms with E-state index in [2.05, 4.69) is 66.1 Å². The van der Waals surface area contributed by atoms with Gasteiger partial charge >= 0.3 is 0 Å². The van der Waals surface area contributed by atoms with Crippen LogP contribution in [0.4, 0.5) is 5.69 Å². The summed E-state index contributed by atoms with van der Waals surface area (Å²) in [7, 11) is 1.94. The quantitative estimate of drug-likeness (QED) is 0.772. The van der Waals surface area contributed by atoms with Gasteiger partial charge in [-0.3, -0.25) is 0 Å². The average Bonchev–Trinajstić information content (AvgIpc) is 2.44. The predicted octanol–water partition coefficient (Wildman–Crippen LogP) is 3.37. The highest BCUT2D eigenvalue weighted by Gasteiger charge is 1.95. The zero-order chi connectivity index (χ0) is 13.5. The van der Waals surface area contributed by atoms with Crippen LogP contribution < -0.4 is 10.6 Å². The summed E-state index contributed by atoms with van der Waals surface area (Å²) in [5, 5.41) is 6.61. The maximum atomic E-state index is 3.49. The second-order valence-electron chi connectivity index (χ2n) is 4.86. The maximum absolute atomic E-state index is 3.49. The third kappa shape index (κ3) is 4.42. The van der Waals surface area contributed by atoms with Crippen molar-refractivity contribution in [1.82, 2.24) is 5.32 Å². The summed E-state index contributed by atoms with van der Waals surface area (Å²) in [6.45, 7) is 4.08. The monoisotopic (exact) mass is 254 g/mol. The molecule has 0 aliphatic rings. The van der Waals surface area contributed by atoms with Gasteiger partial charge < -0.3 is 10.6 Å². The van der Waals surface area contributed by atoms with Gasteiger partial charge in [0.25, 0.3) is 0 Å². The first kappa shape index (κ1) is 13.6. The highest BCUT2D eigenvalue weighted by molar-refractivity contribution is 5.43. The minimum Gasteiger partial charge on any atom is -0.388 e. The standard InChI is InChI=1S/C17H22N2/c1-14-4-3-5-15(12-14)10-11-19-13-16-6-8-17(18-2)9-7-16/h3-9,12,18-19H,10-11,13H2,1-2H3. The van der Waals surface area contributed by atoms with Gasteiger partial charge in [-0.25, -0.2) is 0 Å². The predicted molar refractivity (Wildman–Crippen MR) is 82.6 cm³/mol. The van der Waals surface area contributed by atoms with Crippen molar-refractivity contribution in [2.24, 2.45) is 0 Å². The molecule has 0 heterocycles. The molecule has 0 aliphatic carbocycles. The minimum absolute atomic E-state index is 0.926. The lowest BCUT2D eigenvalue weighted by molar-refractivity contribution is 0.687. The van der Waals surface area contributed by atoms with Crippen molar-refractivity contribution >= 4 is 5.69 Å². The molecule has 0 fully saturated rings. The van der Waals surface area contributed by atoms with Crippen molar-refractivity contribution in [3.05, 3.63) is 65.2 Å². The van der Waals surface area contributed by atoms with Crippen LogP contribution in [0.5, 0.6) is 0 Å². The topological polar surface area (TPSA) is 24.1 Å². The van der Waals surface area contributed by atoms with E-state index in [1.165, 1.54) is 16.7 Å². The fraction of sp³-hybridized carbons (Fsp3) is 0.294. The summed E-state index contributed by atoms with van der Waals surface area (Å²) in [6, 6.07) is 17.2. The molecular weight excluding hydrogens is 232 g/mol. The molecule has 0 spiro atoms. The summed E-state index contributed by atoms with van der Waals surface area (Å²) < 4.78 is 0. The molecule has 0 aromatic heterocycles. The molecule has 0 saturated carbocycles. The lowest BCUT2D eigenvalue weighted by Gasteiger charge is -2.07. The van der Waals surface area contributed by atoms with Gasteiger partial charge in [-0.2, -0.15) is 0 Å². The van der Waals surface area contributed by atoms with Crippen LogP contribution in [-0.4, -0.2) is 13.6 Å².